The summed E-state index contributed by atoms with van der Waals surface area (Å²) in [5.74, 6) is 0. The van der Waals surface area contributed by atoms with Gasteiger partial charge < -0.3 is 0 Å². The van der Waals surface area contributed by atoms with Gasteiger partial charge in [0.15, 0.2) is 0 Å². The van der Waals surface area contributed by atoms with Gasteiger partial charge in [-0.2, -0.15) is 0 Å². The van der Waals surface area contributed by atoms with Gasteiger partial charge in [0.1, 0.15) is 0 Å². The summed E-state index contributed by atoms with van der Waals surface area (Å²) in [6.45, 7) is 44.4. The van der Waals surface area contributed by atoms with E-state index in [1.165, 1.54) is 8.12 Å². The van der Waals surface area contributed by atoms with Gasteiger partial charge in [-0.05, 0) is 0 Å². The Bertz CT molecular complexity index is 584. The van der Waals surface area contributed by atoms with Crippen LogP contribution in [0.3, 0.4) is 0 Å². The summed E-state index contributed by atoms with van der Waals surface area (Å²) in [5.41, 5.74) is 0. The first-order valence-corrected chi connectivity index (χ1v) is 36.8. The standard InChI is InChI=1S/2C4H11Si.4C4H9.3O.3Sn/c2*1-5(2,3)4;4*1-4(2)3;;;;;;/h2*1H2,2-4H3;4*1-3H3;;;;;;. The summed E-state index contributed by atoms with van der Waals surface area (Å²) < 4.78 is 26.5. The molecule has 0 amide bonds. The molecule has 192 valence electrons. The van der Waals surface area contributed by atoms with Crippen LogP contribution in [0.4, 0.5) is 0 Å². The van der Waals surface area contributed by atoms with Gasteiger partial charge >= 0.3 is 222 Å². The van der Waals surface area contributed by atoms with Crippen LogP contribution in [0.1, 0.15) is 83.1 Å². The molecule has 1 aliphatic rings. The van der Waals surface area contributed by atoms with Gasteiger partial charge in [0, 0.05) is 0 Å². The molecule has 0 bridgehead atoms. The predicted octanol–water partition coefficient (Wildman–Crippen LogP) is 9.33. The first-order valence-electron chi connectivity index (χ1n) is 12.6. The number of hydrogen-bond acceptors (Lipinski definition) is 3. The third-order valence-electron chi connectivity index (χ3n) is 6.50. The summed E-state index contributed by atoms with van der Waals surface area (Å²) in [6, 6.07) is 0. The second-order valence-electron chi connectivity index (χ2n) is 16.9. The van der Waals surface area contributed by atoms with Crippen molar-refractivity contribution in [2.45, 2.75) is 144 Å². The zero-order valence-corrected chi connectivity index (χ0v) is 35.7. The van der Waals surface area contributed by atoms with E-state index in [0.717, 1.165) is 0 Å². The molecule has 0 aromatic carbocycles. The Balaban J connectivity index is 4.16. The van der Waals surface area contributed by atoms with E-state index in [2.05, 4.69) is 122 Å². The molecule has 0 saturated carbocycles. The zero-order chi connectivity index (χ0) is 26.0. The van der Waals surface area contributed by atoms with Crippen LogP contribution in [0.15, 0.2) is 0 Å². The third-order valence-corrected chi connectivity index (χ3v) is 101. The summed E-state index contributed by atoms with van der Waals surface area (Å²) >= 11 is -10.9. The van der Waals surface area contributed by atoms with Gasteiger partial charge in [0.25, 0.3) is 0 Å². The molecule has 1 rings (SSSR count). The number of hydrogen-bond donors (Lipinski definition) is 0. The molecule has 32 heavy (non-hydrogen) atoms. The normalized spacial score (nSPS) is 22.7. The third kappa shape index (κ3) is 6.97. The van der Waals surface area contributed by atoms with Gasteiger partial charge in [-0.1, -0.05) is 0 Å². The topological polar surface area (TPSA) is 27.7 Å². The SMILES string of the molecule is C[C](C)(C)[Sn]1([C](C)(C)C)[O][Sn]([CH2][Si](C)(C)C)([CH2][Si](C)(C)C)[O][Sn]([C](C)(C)C)([C](C)(C)C)[O]1. The van der Waals surface area contributed by atoms with Crippen LogP contribution >= 0.6 is 0 Å². The van der Waals surface area contributed by atoms with Crippen LogP contribution in [0.25, 0.3) is 0 Å². The molecule has 1 aliphatic heterocycles. The summed E-state index contributed by atoms with van der Waals surface area (Å²) in [6.07, 6.45) is 0. The maximum absolute atomic E-state index is 7.89. The first-order chi connectivity index (χ1) is 13.5. The van der Waals surface area contributed by atoms with E-state index in [0.29, 0.717) is 0 Å². The van der Waals surface area contributed by atoms with Crippen molar-refractivity contribution < 1.29 is 4.23 Å². The van der Waals surface area contributed by atoms with E-state index in [9.17, 15) is 0 Å². The van der Waals surface area contributed by atoms with Crippen molar-refractivity contribution in [3.05, 3.63) is 0 Å². The summed E-state index contributed by atoms with van der Waals surface area (Å²) in [4.78, 5) is 0. The van der Waals surface area contributed by atoms with E-state index in [1.54, 1.807) is 0 Å². The molecule has 8 heteroatoms. The molecule has 0 radical (unpaired) electrons. The molecule has 1 heterocycles. The van der Waals surface area contributed by atoms with E-state index in [-0.39, 0.29) is 13.7 Å². The second-order valence-corrected chi connectivity index (χ2v) is 76.8. The summed E-state index contributed by atoms with van der Waals surface area (Å²) in [7, 11) is -2.80. The Labute approximate surface area is 219 Å². The quantitative estimate of drug-likeness (QED) is 0.265. The van der Waals surface area contributed by atoms with Crippen molar-refractivity contribution in [2.24, 2.45) is 0 Å². The second kappa shape index (κ2) is 9.47. The van der Waals surface area contributed by atoms with Crippen molar-refractivity contribution in [1.29, 1.82) is 0 Å². The molecular weight excluding hydrogens is 749 g/mol. The van der Waals surface area contributed by atoms with Gasteiger partial charge in [-0.3, -0.25) is 0 Å². The number of rotatable bonds is 4. The predicted molar refractivity (Wildman–Crippen MR) is 156 cm³/mol. The fraction of sp³-hybridized carbons (Fsp3) is 1.00. The molecule has 0 atom stereocenters. The van der Waals surface area contributed by atoms with Crippen LogP contribution in [0.2, 0.25) is 61.1 Å². The minimum absolute atomic E-state index is 0.0659. The van der Waals surface area contributed by atoms with Crippen molar-refractivity contribution in [2.75, 3.05) is 0 Å². The Morgan fingerprint density at radius 2 is 0.656 bits per heavy atom. The van der Waals surface area contributed by atoms with Crippen molar-refractivity contribution in [3.8, 4) is 0 Å². The summed E-state index contributed by atoms with van der Waals surface area (Å²) in [5, 5.41) is 0. The average molecular weight is 807 g/mol. The van der Waals surface area contributed by atoms with Crippen molar-refractivity contribution >= 4 is 73.8 Å². The molecule has 1 fully saturated rings. The molecule has 0 spiro atoms. The van der Waals surface area contributed by atoms with E-state index in [4.69, 9.17) is 4.23 Å². The zero-order valence-electron chi connectivity index (χ0n) is 25.1. The van der Waals surface area contributed by atoms with Crippen molar-refractivity contribution in [1.82, 2.24) is 0 Å². The van der Waals surface area contributed by atoms with Gasteiger partial charge in [-0.25, -0.2) is 0 Å². The van der Waals surface area contributed by atoms with Crippen LogP contribution in [0.5, 0.6) is 0 Å². The van der Waals surface area contributed by atoms with Crippen LogP contribution < -0.4 is 0 Å². The first kappa shape index (κ1) is 32.7. The fourth-order valence-electron chi connectivity index (χ4n) is 6.09. The molecular formula is C24H58O3Si2Sn3. The Morgan fingerprint density at radius 1 is 0.438 bits per heavy atom. The monoisotopic (exact) mass is 810 g/mol. The Kier molecular flexibility index (Phi) is 9.69. The minimum atomic E-state index is -3.72. The van der Waals surface area contributed by atoms with Crippen LogP contribution in [-0.2, 0) is 4.23 Å². The average Bonchev–Trinajstić information content (AvgIpc) is 2.37. The molecule has 1 saturated heterocycles. The van der Waals surface area contributed by atoms with E-state index in [1.807, 2.05) is 0 Å². The molecule has 0 N–H and O–H groups in total. The Morgan fingerprint density at radius 3 is 0.812 bits per heavy atom. The van der Waals surface area contributed by atoms with Gasteiger partial charge in [-0.15, -0.1) is 0 Å². The molecule has 0 aliphatic carbocycles. The van der Waals surface area contributed by atoms with Crippen LogP contribution in [-0.4, -0.2) is 73.8 Å². The molecule has 0 aromatic heterocycles. The van der Waals surface area contributed by atoms with E-state index < -0.39 is 73.8 Å². The van der Waals surface area contributed by atoms with E-state index >= 15 is 0 Å². The fourth-order valence-corrected chi connectivity index (χ4v) is 178. The molecule has 0 unspecified atom stereocenters. The van der Waals surface area contributed by atoms with Crippen molar-refractivity contribution in [3.63, 3.8) is 0 Å². The van der Waals surface area contributed by atoms with Gasteiger partial charge in [0.05, 0.1) is 0 Å². The maximum atomic E-state index is 7.89. The Hall–Kier alpha value is 2.71. The molecule has 3 nitrogen and oxygen atoms in total. The molecule has 0 aromatic rings. The van der Waals surface area contributed by atoms with Gasteiger partial charge in [0.2, 0.25) is 0 Å². The van der Waals surface area contributed by atoms with Crippen LogP contribution in [0, 0.1) is 0 Å².